The van der Waals surface area contributed by atoms with Gasteiger partial charge in [-0.05, 0) is 54.8 Å². The number of ether oxygens (including phenoxy) is 1. The van der Waals surface area contributed by atoms with Gasteiger partial charge >= 0.3 is 0 Å². The van der Waals surface area contributed by atoms with Crippen molar-refractivity contribution < 1.29 is 23.5 Å². The van der Waals surface area contributed by atoms with E-state index in [0.29, 0.717) is 11.3 Å². The zero-order valence-electron chi connectivity index (χ0n) is 20.7. The Kier molecular flexibility index (Phi) is 6.60. The number of carbonyl (C=O) groups excluding carboxylic acids is 3. The Bertz CT molecular complexity index is 1280. The first kappa shape index (κ1) is 25.2. The molecule has 1 spiro atoms. The molecule has 6 rings (SSSR count). The fraction of sp³-hybridized carbons (Fsp3) is 0.414. The molecule has 2 aromatic carbocycles. The smallest absolute Gasteiger partial charge is 0.246 e. The van der Waals surface area contributed by atoms with Crippen molar-refractivity contribution in [1.82, 2.24) is 10.2 Å². The average molecular weight is 582 g/mol. The predicted molar refractivity (Wildman–Crippen MR) is 142 cm³/mol. The third-order valence-electron chi connectivity index (χ3n) is 8.25. The zero-order chi connectivity index (χ0) is 26.4. The summed E-state index contributed by atoms with van der Waals surface area (Å²) in [6.07, 6.45) is 8.07. The number of amides is 3. The summed E-state index contributed by atoms with van der Waals surface area (Å²) in [5, 5.41) is 6.09. The number of halogens is 2. The summed E-state index contributed by atoms with van der Waals surface area (Å²) in [6, 6.07) is 12.2. The molecule has 1 aliphatic carbocycles. The van der Waals surface area contributed by atoms with Crippen molar-refractivity contribution in [2.24, 2.45) is 11.8 Å². The van der Waals surface area contributed by atoms with Gasteiger partial charge < -0.3 is 20.3 Å². The summed E-state index contributed by atoms with van der Waals surface area (Å²) in [6.45, 7) is 0.114. The summed E-state index contributed by atoms with van der Waals surface area (Å²) in [5.41, 5.74) is 0.0719. The van der Waals surface area contributed by atoms with Gasteiger partial charge in [-0.3, -0.25) is 14.4 Å². The van der Waals surface area contributed by atoms with Crippen LogP contribution < -0.4 is 10.6 Å². The lowest BCUT2D eigenvalue weighted by molar-refractivity contribution is -0.142. The van der Waals surface area contributed by atoms with Crippen molar-refractivity contribution >= 4 is 39.3 Å². The van der Waals surface area contributed by atoms with Gasteiger partial charge in [0.15, 0.2) is 0 Å². The van der Waals surface area contributed by atoms with Crippen LogP contribution in [0.1, 0.15) is 37.7 Å². The van der Waals surface area contributed by atoms with E-state index in [1.165, 1.54) is 17.0 Å². The first-order chi connectivity index (χ1) is 18.4. The Balaban J connectivity index is 1.32. The summed E-state index contributed by atoms with van der Waals surface area (Å²) >= 11 is 3.39. The molecule has 2 bridgehead atoms. The van der Waals surface area contributed by atoms with E-state index in [-0.39, 0.29) is 36.1 Å². The highest BCUT2D eigenvalue weighted by Crippen LogP contribution is 2.55. The van der Waals surface area contributed by atoms with E-state index in [9.17, 15) is 18.8 Å². The minimum atomic E-state index is -1.23. The maximum Gasteiger partial charge on any atom is 0.246 e. The normalized spacial score (nSPS) is 29.9. The molecule has 3 fully saturated rings. The Morgan fingerprint density at radius 3 is 2.45 bits per heavy atom. The first-order valence-corrected chi connectivity index (χ1v) is 13.9. The van der Waals surface area contributed by atoms with Gasteiger partial charge in [-0.25, -0.2) is 4.39 Å². The Hall–Kier alpha value is -3.04. The van der Waals surface area contributed by atoms with Gasteiger partial charge in [0.05, 0.1) is 17.9 Å². The fourth-order valence-electron chi connectivity index (χ4n) is 6.51. The number of nitrogens with zero attached hydrogens (tertiary/aromatic N) is 1. The number of anilines is 1. The zero-order valence-corrected chi connectivity index (χ0v) is 22.3. The molecule has 0 aromatic heterocycles. The van der Waals surface area contributed by atoms with Gasteiger partial charge in [0.1, 0.15) is 17.5 Å². The molecule has 0 radical (unpaired) electrons. The summed E-state index contributed by atoms with van der Waals surface area (Å²) in [7, 11) is 0. The molecule has 38 heavy (non-hydrogen) atoms. The lowest BCUT2D eigenvalue weighted by atomic mass is 9.74. The molecule has 3 amide bonds. The Labute approximate surface area is 228 Å². The summed E-state index contributed by atoms with van der Waals surface area (Å²) in [5.74, 6) is -2.89. The maximum absolute atomic E-state index is 14.0. The monoisotopic (exact) mass is 581 g/mol. The second kappa shape index (κ2) is 9.93. The minimum Gasteiger partial charge on any atom is -0.359 e. The fourth-order valence-corrected chi connectivity index (χ4v) is 6.77. The van der Waals surface area contributed by atoms with Gasteiger partial charge in [-0.2, -0.15) is 0 Å². The molecule has 0 unspecified atom stereocenters. The van der Waals surface area contributed by atoms with Crippen LogP contribution in [0.4, 0.5) is 10.1 Å². The second-order valence-corrected chi connectivity index (χ2v) is 11.5. The molecule has 198 valence electrons. The third-order valence-corrected chi connectivity index (χ3v) is 8.78. The van der Waals surface area contributed by atoms with Crippen molar-refractivity contribution in [2.45, 2.75) is 62.4 Å². The second-order valence-electron chi connectivity index (χ2n) is 10.6. The molecule has 2 saturated heterocycles. The molecule has 2 aromatic rings. The summed E-state index contributed by atoms with van der Waals surface area (Å²) in [4.78, 5) is 42.9. The molecule has 1 saturated carbocycles. The number of nitrogens with one attached hydrogen (secondary N) is 2. The van der Waals surface area contributed by atoms with Crippen LogP contribution in [0.2, 0.25) is 0 Å². The van der Waals surface area contributed by atoms with E-state index in [1.54, 1.807) is 36.4 Å². The van der Waals surface area contributed by atoms with Crippen molar-refractivity contribution in [3.8, 4) is 0 Å². The van der Waals surface area contributed by atoms with Gasteiger partial charge in [0.2, 0.25) is 17.7 Å². The van der Waals surface area contributed by atoms with E-state index < -0.39 is 29.6 Å². The molecule has 3 aliphatic heterocycles. The van der Waals surface area contributed by atoms with Gasteiger partial charge in [0, 0.05) is 22.7 Å². The van der Waals surface area contributed by atoms with Crippen molar-refractivity contribution in [3.05, 3.63) is 76.5 Å². The summed E-state index contributed by atoms with van der Waals surface area (Å²) < 4.78 is 20.8. The van der Waals surface area contributed by atoms with Gasteiger partial charge in [-0.1, -0.05) is 59.5 Å². The molecule has 2 N–H and O–H groups in total. The van der Waals surface area contributed by atoms with Crippen LogP contribution in [0.5, 0.6) is 0 Å². The van der Waals surface area contributed by atoms with Crippen LogP contribution in [0.3, 0.4) is 0 Å². The molecule has 4 aliphatic rings. The largest absolute Gasteiger partial charge is 0.359 e. The quantitative estimate of drug-likeness (QED) is 0.497. The van der Waals surface area contributed by atoms with E-state index in [4.69, 9.17) is 4.74 Å². The van der Waals surface area contributed by atoms with Crippen molar-refractivity contribution in [1.29, 1.82) is 0 Å². The maximum atomic E-state index is 14.0. The lowest BCUT2D eigenvalue weighted by Gasteiger charge is -2.34. The van der Waals surface area contributed by atoms with Gasteiger partial charge in [0.25, 0.3) is 0 Å². The molecule has 5 atom stereocenters. The predicted octanol–water partition coefficient (Wildman–Crippen LogP) is 4.33. The highest BCUT2D eigenvalue weighted by molar-refractivity contribution is 9.10. The number of fused-ring (bicyclic) bond motifs is 1. The molecule has 7 nitrogen and oxygen atoms in total. The topological polar surface area (TPSA) is 87.7 Å². The first-order valence-electron chi connectivity index (χ1n) is 13.1. The average Bonchev–Trinajstić information content (AvgIpc) is 3.55. The van der Waals surface area contributed by atoms with Crippen molar-refractivity contribution in [2.75, 3.05) is 5.32 Å². The van der Waals surface area contributed by atoms with E-state index in [0.717, 1.165) is 36.6 Å². The molecule has 3 heterocycles. The van der Waals surface area contributed by atoms with Crippen LogP contribution in [0.15, 0.2) is 65.2 Å². The SMILES string of the molecule is O=C(Nc1ccc(Br)cc1)[C@H]1[C@H]2C=C[C@]3(O2)[C@H](C(=O)NC2CCCCC2)N(Cc2ccc(F)cc2)C(=O)[C@@H]13. The highest BCUT2D eigenvalue weighted by atomic mass is 79.9. The molecular formula is C29H29BrFN3O4. The van der Waals surface area contributed by atoms with Crippen molar-refractivity contribution in [3.63, 3.8) is 0 Å². The number of benzene rings is 2. The van der Waals surface area contributed by atoms with E-state index in [1.807, 2.05) is 12.1 Å². The number of hydrogen-bond acceptors (Lipinski definition) is 4. The minimum absolute atomic E-state index is 0.0496. The van der Waals surface area contributed by atoms with Crippen LogP contribution in [-0.2, 0) is 25.7 Å². The number of likely N-dealkylation sites (tertiary alicyclic amines) is 1. The highest BCUT2D eigenvalue weighted by Gasteiger charge is 2.72. The van der Waals surface area contributed by atoms with Crippen LogP contribution in [0.25, 0.3) is 0 Å². The van der Waals surface area contributed by atoms with E-state index in [2.05, 4.69) is 26.6 Å². The van der Waals surface area contributed by atoms with E-state index >= 15 is 0 Å². The standard InChI is InChI=1S/C29H29BrFN3O4/c30-18-8-12-21(13-9-18)32-26(35)23-22-14-15-29(38-22)24(23)28(37)34(16-17-6-10-19(31)11-7-17)25(29)27(36)33-20-4-2-1-3-5-20/h6-15,20,22-25H,1-5,16H2,(H,32,35)(H,33,36)/t22-,23+,24-,25+,29-/m1/s1. The Morgan fingerprint density at radius 2 is 1.74 bits per heavy atom. The Morgan fingerprint density at radius 1 is 1.03 bits per heavy atom. The third kappa shape index (κ3) is 4.35. The molecule has 9 heteroatoms. The lowest BCUT2D eigenvalue weighted by Crippen LogP contribution is -2.56. The van der Waals surface area contributed by atoms with Crippen LogP contribution in [0, 0.1) is 17.7 Å². The van der Waals surface area contributed by atoms with Crippen LogP contribution >= 0.6 is 15.9 Å². The number of hydrogen-bond donors (Lipinski definition) is 2. The van der Waals surface area contributed by atoms with Crippen LogP contribution in [-0.4, -0.2) is 46.4 Å². The number of carbonyl (C=O) groups is 3. The number of rotatable bonds is 6. The van der Waals surface area contributed by atoms with Gasteiger partial charge in [-0.15, -0.1) is 0 Å². The molecular weight excluding hydrogens is 553 g/mol.